The van der Waals surface area contributed by atoms with Gasteiger partial charge in [-0.3, -0.25) is 9.58 Å². The molecule has 0 N–H and O–H groups in total. The Kier molecular flexibility index (Phi) is 8.66. The lowest BCUT2D eigenvalue weighted by molar-refractivity contribution is -0.0765. The van der Waals surface area contributed by atoms with Crippen LogP contribution in [0.4, 0.5) is 0 Å². The highest BCUT2D eigenvalue weighted by Gasteiger charge is 2.37. The van der Waals surface area contributed by atoms with Crippen LogP contribution in [0.25, 0.3) is 0 Å². The molecule has 4 rings (SSSR count). The second-order valence-electron chi connectivity index (χ2n) is 9.19. The Morgan fingerprint density at radius 1 is 1.12 bits per heavy atom. The van der Waals surface area contributed by atoms with E-state index in [0.29, 0.717) is 25.2 Å². The molecule has 1 aromatic carbocycles. The van der Waals surface area contributed by atoms with Gasteiger partial charge in [0, 0.05) is 36.1 Å². The van der Waals surface area contributed by atoms with E-state index in [1.54, 1.807) is 0 Å². The highest BCUT2D eigenvalue weighted by Crippen LogP contribution is 2.33. The van der Waals surface area contributed by atoms with Crippen LogP contribution >= 0.6 is 24.0 Å². The zero-order valence-corrected chi connectivity index (χ0v) is 21.1. The van der Waals surface area contributed by atoms with Crippen molar-refractivity contribution < 1.29 is 13.2 Å². The van der Waals surface area contributed by atoms with Crippen LogP contribution in [0.2, 0.25) is 5.02 Å². The molecule has 1 aromatic heterocycles. The van der Waals surface area contributed by atoms with Gasteiger partial charge in [0.1, 0.15) is 9.84 Å². The summed E-state index contributed by atoms with van der Waals surface area (Å²) in [6.45, 7) is 3.30. The maximum atomic E-state index is 11.9. The largest absolute Gasteiger partial charge is 0.374 e. The van der Waals surface area contributed by atoms with E-state index in [1.807, 2.05) is 18.3 Å². The van der Waals surface area contributed by atoms with Gasteiger partial charge in [-0.2, -0.15) is 5.10 Å². The Labute approximate surface area is 202 Å². The van der Waals surface area contributed by atoms with E-state index < -0.39 is 9.84 Å². The lowest BCUT2D eigenvalue weighted by atomic mass is 9.88. The standard InChI is InChI=1S/C23H32ClN3O3S.ClH/c1-17-12-25-27(13-17)21-9-7-20(8-10-21)26-14-23(16-31(2,28)29)30-15-22(26)11-18-3-5-19(24)6-4-18;/h3-6,12-13,20-23H,7-11,14-16H2,1-2H3;1H/t20?,21?,22-,23+;/m0./s1. The minimum Gasteiger partial charge on any atom is -0.374 e. The summed E-state index contributed by atoms with van der Waals surface area (Å²) in [7, 11) is -3.08. The summed E-state index contributed by atoms with van der Waals surface area (Å²) < 4.78 is 31.9. The van der Waals surface area contributed by atoms with Crippen LogP contribution in [0.3, 0.4) is 0 Å². The summed E-state index contributed by atoms with van der Waals surface area (Å²) in [6.07, 6.45) is 10.3. The molecule has 6 nitrogen and oxygen atoms in total. The summed E-state index contributed by atoms with van der Waals surface area (Å²) in [5.41, 5.74) is 2.42. The molecular weight excluding hydrogens is 469 g/mol. The number of aryl methyl sites for hydroxylation is 1. The van der Waals surface area contributed by atoms with Crippen LogP contribution in [0.5, 0.6) is 0 Å². The van der Waals surface area contributed by atoms with E-state index in [0.717, 1.165) is 37.1 Å². The summed E-state index contributed by atoms with van der Waals surface area (Å²) in [6, 6.07) is 9.12. The molecule has 1 saturated carbocycles. The quantitative estimate of drug-likeness (QED) is 0.595. The molecule has 2 aromatic rings. The third-order valence-electron chi connectivity index (χ3n) is 6.52. The molecule has 2 atom stereocenters. The summed E-state index contributed by atoms with van der Waals surface area (Å²) >= 11 is 6.05. The number of hydrogen-bond donors (Lipinski definition) is 0. The highest BCUT2D eigenvalue weighted by atomic mass is 35.5. The monoisotopic (exact) mass is 501 g/mol. The van der Waals surface area contributed by atoms with Crippen LogP contribution in [-0.2, 0) is 21.0 Å². The van der Waals surface area contributed by atoms with Gasteiger partial charge in [-0.05, 0) is 62.3 Å². The Hall–Kier alpha value is -1.12. The molecule has 9 heteroatoms. The zero-order valence-electron chi connectivity index (χ0n) is 18.7. The van der Waals surface area contributed by atoms with Crippen molar-refractivity contribution in [3.8, 4) is 0 Å². The molecule has 1 aliphatic heterocycles. The van der Waals surface area contributed by atoms with E-state index in [4.69, 9.17) is 16.3 Å². The minimum absolute atomic E-state index is 0. The first-order chi connectivity index (χ1) is 14.8. The van der Waals surface area contributed by atoms with Crippen molar-refractivity contribution in [2.24, 2.45) is 0 Å². The molecule has 2 fully saturated rings. The molecule has 1 aliphatic carbocycles. The van der Waals surface area contributed by atoms with Crippen molar-refractivity contribution in [2.45, 2.75) is 63.3 Å². The Balaban J connectivity index is 0.00000289. The lowest BCUT2D eigenvalue weighted by Gasteiger charge is -2.46. The number of benzene rings is 1. The number of ether oxygens (including phenoxy) is 1. The van der Waals surface area contributed by atoms with Crippen LogP contribution < -0.4 is 0 Å². The molecule has 1 saturated heterocycles. The molecule has 2 heterocycles. The number of morpholine rings is 1. The molecular formula is C23H33Cl2N3O3S. The smallest absolute Gasteiger partial charge is 0.150 e. The summed E-state index contributed by atoms with van der Waals surface area (Å²) in [5, 5.41) is 5.25. The third-order valence-corrected chi connectivity index (χ3v) is 7.75. The fourth-order valence-corrected chi connectivity index (χ4v) is 6.02. The molecule has 178 valence electrons. The average molecular weight is 503 g/mol. The van der Waals surface area contributed by atoms with Crippen LogP contribution in [0.1, 0.15) is 42.9 Å². The van der Waals surface area contributed by atoms with Gasteiger partial charge in [-0.25, -0.2) is 8.42 Å². The maximum absolute atomic E-state index is 11.9. The Morgan fingerprint density at radius 3 is 2.38 bits per heavy atom. The van der Waals surface area contributed by atoms with Crippen molar-refractivity contribution in [2.75, 3.05) is 25.2 Å². The van der Waals surface area contributed by atoms with Crippen molar-refractivity contribution in [1.29, 1.82) is 0 Å². The lowest BCUT2D eigenvalue weighted by Crippen LogP contribution is -2.56. The van der Waals surface area contributed by atoms with E-state index in [-0.39, 0.29) is 30.3 Å². The Bertz CT molecular complexity index is 973. The number of hydrogen-bond acceptors (Lipinski definition) is 5. The average Bonchev–Trinajstić information content (AvgIpc) is 3.16. The normalized spacial score (nSPS) is 27.1. The SMILES string of the molecule is Cc1cnn(C2CCC(N3C[C@H](CS(C)(=O)=O)OC[C@@H]3Cc3ccc(Cl)cc3)CC2)c1.Cl. The molecule has 32 heavy (non-hydrogen) atoms. The number of rotatable bonds is 6. The van der Waals surface area contributed by atoms with Gasteiger partial charge in [0.05, 0.1) is 30.7 Å². The van der Waals surface area contributed by atoms with Crippen LogP contribution in [0.15, 0.2) is 36.7 Å². The predicted molar refractivity (Wildman–Crippen MR) is 131 cm³/mol. The second kappa shape index (κ2) is 10.9. The van der Waals surface area contributed by atoms with Crippen molar-refractivity contribution >= 4 is 33.8 Å². The van der Waals surface area contributed by atoms with Gasteiger partial charge in [-0.1, -0.05) is 23.7 Å². The number of halogens is 2. The first-order valence-electron chi connectivity index (χ1n) is 11.1. The van der Waals surface area contributed by atoms with Crippen molar-refractivity contribution in [3.63, 3.8) is 0 Å². The molecule has 0 unspecified atom stereocenters. The molecule has 0 amide bonds. The molecule has 0 bridgehead atoms. The van der Waals surface area contributed by atoms with Gasteiger partial charge in [0.15, 0.2) is 0 Å². The summed E-state index contributed by atoms with van der Waals surface area (Å²) in [5.74, 6) is 0.0824. The van der Waals surface area contributed by atoms with Crippen molar-refractivity contribution in [3.05, 3.63) is 52.8 Å². The zero-order chi connectivity index (χ0) is 22.0. The fourth-order valence-electron chi connectivity index (χ4n) is 5.02. The first kappa shape index (κ1) is 25.5. The number of nitrogens with zero attached hydrogens (tertiary/aromatic N) is 3. The molecule has 2 aliphatic rings. The van der Waals surface area contributed by atoms with E-state index in [2.05, 4.69) is 39.9 Å². The number of sulfone groups is 1. The van der Waals surface area contributed by atoms with Gasteiger partial charge in [0.25, 0.3) is 0 Å². The van der Waals surface area contributed by atoms with Crippen LogP contribution in [0, 0.1) is 6.92 Å². The Morgan fingerprint density at radius 2 is 1.78 bits per heavy atom. The summed E-state index contributed by atoms with van der Waals surface area (Å²) in [4.78, 5) is 2.53. The van der Waals surface area contributed by atoms with Crippen LogP contribution in [-0.4, -0.2) is 66.4 Å². The second-order valence-corrected chi connectivity index (χ2v) is 11.8. The third kappa shape index (κ3) is 6.70. The predicted octanol–water partition coefficient (Wildman–Crippen LogP) is 4.11. The van der Waals surface area contributed by atoms with Gasteiger partial charge >= 0.3 is 0 Å². The van der Waals surface area contributed by atoms with Crippen molar-refractivity contribution in [1.82, 2.24) is 14.7 Å². The number of aromatic nitrogens is 2. The molecule has 0 spiro atoms. The topological polar surface area (TPSA) is 64.4 Å². The van der Waals surface area contributed by atoms with E-state index in [9.17, 15) is 8.42 Å². The van der Waals surface area contributed by atoms with Gasteiger partial charge < -0.3 is 4.74 Å². The van der Waals surface area contributed by atoms with Gasteiger partial charge in [0.2, 0.25) is 0 Å². The van der Waals surface area contributed by atoms with E-state index in [1.165, 1.54) is 17.4 Å². The fraction of sp³-hybridized carbons (Fsp3) is 0.609. The van der Waals surface area contributed by atoms with Gasteiger partial charge in [-0.15, -0.1) is 12.4 Å². The highest BCUT2D eigenvalue weighted by molar-refractivity contribution is 7.90. The molecule has 0 radical (unpaired) electrons. The minimum atomic E-state index is -3.08. The maximum Gasteiger partial charge on any atom is 0.150 e. The van der Waals surface area contributed by atoms with E-state index >= 15 is 0 Å². The first-order valence-corrected chi connectivity index (χ1v) is 13.5.